The average molecular weight is 191 g/mol. The van der Waals surface area contributed by atoms with Crippen molar-refractivity contribution in [2.45, 2.75) is 13.3 Å². The highest BCUT2D eigenvalue weighted by Gasteiger charge is 2.07. The van der Waals surface area contributed by atoms with Crippen molar-refractivity contribution in [2.75, 3.05) is 0 Å². The quantitative estimate of drug-likeness (QED) is 0.757. The number of carboxylic acid groups (broad SMARTS) is 1. The van der Waals surface area contributed by atoms with Crippen LogP contribution in [0.2, 0.25) is 0 Å². The summed E-state index contributed by atoms with van der Waals surface area (Å²) in [5.74, 6) is -0.578. The molecular weight excluding hydrogens is 182 g/mol. The summed E-state index contributed by atoms with van der Waals surface area (Å²) in [4.78, 5) is 14.5. The van der Waals surface area contributed by atoms with E-state index < -0.39 is 5.97 Å². The predicted octanol–water partition coefficient (Wildman–Crippen LogP) is 0.665. The number of rotatable bonds is 2. The van der Waals surface area contributed by atoms with E-state index in [0.717, 1.165) is 5.69 Å². The van der Waals surface area contributed by atoms with Crippen molar-refractivity contribution in [3.05, 3.63) is 29.7 Å². The lowest BCUT2D eigenvalue weighted by Gasteiger charge is -1.93. The Kier molecular flexibility index (Phi) is 1.92. The maximum absolute atomic E-state index is 10.4. The minimum absolute atomic E-state index is 0.138. The number of hydrogen-bond acceptors (Lipinski definition) is 3. The molecule has 0 fully saturated rings. The van der Waals surface area contributed by atoms with E-state index in [0.29, 0.717) is 11.5 Å². The smallest absolute Gasteiger partial charge is 0.311 e. The second kappa shape index (κ2) is 3.10. The first-order chi connectivity index (χ1) is 6.66. The first-order valence-electron chi connectivity index (χ1n) is 4.20. The molecule has 0 amide bonds. The highest BCUT2D eigenvalue weighted by Crippen LogP contribution is 2.04. The summed E-state index contributed by atoms with van der Waals surface area (Å²) in [6.45, 7) is 1.90. The SMILES string of the molecule is Cc1cccc2nc(CC(=O)O)nn12. The van der Waals surface area contributed by atoms with Crippen LogP contribution in [0.1, 0.15) is 11.5 Å². The molecule has 0 aromatic carbocycles. The van der Waals surface area contributed by atoms with Gasteiger partial charge in [-0.1, -0.05) is 6.07 Å². The van der Waals surface area contributed by atoms with Crippen LogP contribution in [0.4, 0.5) is 0 Å². The molecule has 1 N–H and O–H groups in total. The van der Waals surface area contributed by atoms with E-state index in [1.54, 1.807) is 10.6 Å². The first kappa shape index (κ1) is 8.68. The Morgan fingerprint density at radius 3 is 3.00 bits per heavy atom. The van der Waals surface area contributed by atoms with Crippen LogP contribution in [0.3, 0.4) is 0 Å². The molecule has 2 rings (SSSR count). The van der Waals surface area contributed by atoms with Crippen molar-refractivity contribution in [1.82, 2.24) is 14.6 Å². The lowest BCUT2D eigenvalue weighted by Crippen LogP contribution is -2.02. The summed E-state index contributed by atoms with van der Waals surface area (Å²) in [7, 11) is 0. The van der Waals surface area contributed by atoms with E-state index in [1.807, 2.05) is 19.1 Å². The van der Waals surface area contributed by atoms with Gasteiger partial charge >= 0.3 is 5.97 Å². The van der Waals surface area contributed by atoms with Gasteiger partial charge in [-0.2, -0.15) is 5.10 Å². The Hall–Kier alpha value is -1.91. The monoisotopic (exact) mass is 191 g/mol. The van der Waals surface area contributed by atoms with E-state index in [4.69, 9.17) is 5.11 Å². The van der Waals surface area contributed by atoms with E-state index >= 15 is 0 Å². The standard InChI is InChI=1S/C9H9N3O2/c1-6-3-2-4-8-10-7(5-9(13)14)11-12(6)8/h2-4H,5H2,1H3,(H,13,14). The molecule has 0 bridgehead atoms. The van der Waals surface area contributed by atoms with Crippen molar-refractivity contribution in [2.24, 2.45) is 0 Å². The fraction of sp³-hybridized carbons (Fsp3) is 0.222. The molecule has 0 saturated heterocycles. The van der Waals surface area contributed by atoms with E-state index in [-0.39, 0.29) is 6.42 Å². The third-order valence-electron chi connectivity index (χ3n) is 1.90. The molecule has 0 unspecified atom stereocenters. The second-order valence-corrected chi connectivity index (χ2v) is 3.04. The fourth-order valence-corrected chi connectivity index (χ4v) is 1.29. The van der Waals surface area contributed by atoms with Crippen LogP contribution >= 0.6 is 0 Å². The highest BCUT2D eigenvalue weighted by atomic mass is 16.4. The van der Waals surface area contributed by atoms with Gasteiger partial charge in [0, 0.05) is 5.69 Å². The largest absolute Gasteiger partial charge is 0.481 e. The Bertz CT molecular complexity index is 490. The molecule has 5 heteroatoms. The number of fused-ring (bicyclic) bond motifs is 1. The summed E-state index contributed by atoms with van der Waals surface area (Å²) >= 11 is 0. The van der Waals surface area contributed by atoms with Gasteiger partial charge in [0.05, 0.1) is 0 Å². The van der Waals surface area contributed by atoms with Crippen molar-refractivity contribution >= 4 is 11.6 Å². The van der Waals surface area contributed by atoms with Crippen molar-refractivity contribution in [3.63, 3.8) is 0 Å². The molecular formula is C9H9N3O2. The minimum atomic E-state index is -0.918. The highest BCUT2D eigenvalue weighted by molar-refractivity contribution is 5.69. The molecule has 0 saturated carbocycles. The molecule has 5 nitrogen and oxygen atoms in total. The summed E-state index contributed by atoms with van der Waals surface area (Å²) in [6.07, 6.45) is -0.138. The zero-order chi connectivity index (χ0) is 10.1. The molecule has 0 aliphatic rings. The summed E-state index contributed by atoms with van der Waals surface area (Å²) in [5.41, 5.74) is 1.62. The number of hydrogen-bond donors (Lipinski definition) is 1. The topological polar surface area (TPSA) is 67.5 Å². The van der Waals surface area contributed by atoms with Crippen LogP contribution < -0.4 is 0 Å². The van der Waals surface area contributed by atoms with Crippen molar-refractivity contribution in [3.8, 4) is 0 Å². The van der Waals surface area contributed by atoms with Crippen LogP contribution in [-0.2, 0) is 11.2 Å². The molecule has 0 aliphatic heterocycles. The van der Waals surface area contributed by atoms with Crippen molar-refractivity contribution in [1.29, 1.82) is 0 Å². The zero-order valence-corrected chi connectivity index (χ0v) is 7.64. The Labute approximate surface area is 80.0 Å². The van der Waals surface area contributed by atoms with Crippen LogP contribution in [0, 0.1) is 6.92 Å². The minimum Gasteiger partial charge on any atom is -0.481 e. The average Bonchev–Trinajstić information content (AvgIpc) is 2.47. The lowest BCUT2D eigenvalue weighted by molar-refractivity contribution is -0.136. The van der Waals surface area contributed by atoms with Gasteiger partial charge in [-0.05, 0) is 19.1 Å². The summed E-state index contributed by atoms with van der Waals surface area (Å²) in [5, 5.41) is 12.6. The molecule has 2 aromatic heterocycles. The second-order valence-electron chi connectivity index (χ2n) is 3.04. The van der Waals surface area contributed by atoms with Gasteiger partial charge in [-0.3, -0.25) is 4.79 Å². The number of aliphatic carboxylic acids is 1. The third kappa shape index (κ3) is 1.44. The van der Waals surface area contributed by atoms with E-state index in [2.05, 4.69) is 10.1 Å². The maximum Gasteiger partial charge on any atom is 0.311 e. The van der Waals surface area contributed by atoms with Gasteiger partial charge in [-0.25, -0.2) is 9.50 Å². The molecule has 0 aliphatic carbocycles. The predicted molar refractivity (Wildman–Crippen MR) is 49.1 cm³/mol. The van der Waals surface area contributed by atoms with Crippen LogP contribution in [0.5, 0.6) is 0 Å². The number of aromatic nitrogens is 3. The number of nitrogens with zero attached hydrogens (tertiary/aromatic N) is 3. The summed E-state index contributed by atoms with van der Waals surface area (Å²) in [6, 6.07) is 5.56. The third-order valence-corrected chi connectivity index (χ3v) is 1.90. The van der Waals surface area contributed by atoms with Crippen LogP contribution in [0.15, 0.2) is 18.2 Å². The van der Waals surface area contributed by atoms with Crippen molar-refractivity contribution < 1.29 is 9.90 Å². The number of pyridine rings is 1. The van der Waals surface area contributed by atoms with Gasteiger partial charge in [-0.15, -0.1) is 0 Å². The van der Waals surface area contributed by atoms with E-state index in [1.165, 1.54) is 0 Å². The summed E-state index contributed by atoms with van der Waals surface area (Å²) < 4.78 is 1.64. The number of aryl methyl sites for hydroxylation is 1. The number of carboxylic acids is 1. The molecule has 72 valence electrons. The van der Waals surface area contributed by atoms with Crippen LogP contribution in [-0.4, -0.2) is 25.7 Å². The van der Waals surface area contributed by atoms with Gasteiger partial charge in [0.25, 0.3) is 0 Å². The van der Waals surface area contributed by atoms with E-state index in [9.17, 15) is 4.79 Å². The molecule has 2 heterocycles. The molecule has 0 spiro atoms. The molecule has 14 heavy (non-hydrogen) atoms. The van der Waals surface area contributed by atoms with Gasteiger partial charge in [0.15, 0.2) is 11.5 Å². The molecule has 0 radical (unpaired) electrons. The first-order valence-corrected chi connectivity index (χ1v) is 4.20. The normalized spacial score (nSPS) is 10.6. The van der Waals surface area contributed by atoms with Gasteiger partial charge in [0.1, 0.15) is 6.42 Å². The van der Waals surface area contributed by atoms with Gasteiger partial charge < -0.3 is 5.11 Å². The Balaban J connectivity index is 2.51. The molecule has 0 atom stereocenters. The zero-order valence-electron chi connectivity index (χ0n) is 7.64. The lowest BCUT2D eigenvalue weighted by atomic mass is 10.4. The Morgan fingerprint density at radius 1 is 1.57 bits per heavy atom. The fourth-order valence-electron chi connectivity index (χ4n) is 1.29. The Morgan fingerprint density at radius 2 is 2.36 bits per heavy atom. The van der Waals surface area contributed by atoms with Gasteiger partial charge in [0.2, 0.25) is 0 Å². The van der Waals surface area contributed by atoms with Crippen LogP contribution in [0.25, 0.3) is 5.65 Å². The number of carbonyl (C=O) groups is 1. The molecule has 2 aromatic rings. The maximum atomic E-state index is 10.4.